The summed E-state index contributed by atoms with van der Waals surface area (Å²) in [5.41, 5.74) is -0.326. The van der Waals surface area contributed by atoms with Crippen LogP contribution in [0.4, 0.5) is 0 Å². The molecule has 4 nitrogen and oxygen atoms in total. The summed E-state index contributed by atoms with van der Waals surface area (Å²) in [6.07, 6.45) is 5.35. The van der Waals surface area contributed by atoms with Gasteiger partial charge < -0.3 is 10.2 Å². The molecule has 0 aromatic carbocycles. The van der Waals surface area contributed by atoms with Crippen LogP contribution in [-0.4, -0.2) is 35.3 Å². The maximum atomic E-state index is 12.8. The predicted molar refractivity (Wildman–Crippen MR) is 74.6 cm³/mol. The smallest absolute Gasteiger partial charge is 0.248 e. The summed E-state index contributed by atoms with van der Waals surface area (Å²) < 4.78 is 0. The van der Waals surface area contributed by atoms with E-state index in [4.69, 9.17) is 0 Å². The van der Waals surface area contributed by atoms with Crippen LogP contribution in [0, 0.1) is 5.41 Å². The first kappa shape index (κ1) is 14.4. The normalized spacial score (nSPS) is 24.9. The number of carbonyl (C=O) groups is 2. The Bertz CT molecular complexity index is 370. The van der Waals surface area contributed by atoms with E-state index in [-0.39, 0.29) is 11.8 Å². The van der Waals surface area contributed by atoms with Crippen LogP contribution in [0.5, 0.6) is 0 Å². The molecule has 2 aliphatic rings. The number of rotatable bonds is 5. The van der Waals surface area contributed by atoms with E-state index < -0.39 is 5.54 Å². The Kier molecular flexibility index (Phi) is 3.88. The largest absolute Gasteiger partial charge is 0.342 e. The number of hydrogen-bond acceptors (Lipinski definition) is 2. The van der Waals surface area contributed by atoms with E-state index in [1.54, 1.807) is 0 Å². The third kappa shape index (κ3) is 2.63. The van der Waals surface area contributed by atoms with E-state index in [2.05, 4.69) is 12.2 Å². The van der Waals surface area contributed by atoms with Gasteiger partial charge in [-0.25, -0.2) is 0 Å². The van der Waals surface area contributed by atoms with Gasteiger partial charge in [-0.1, -0.05) is 20.8 Å². The Morgan fingerprint density at radius 2 is 1.74 bits per heavy atom. The highest BCUT2D eigenvalue weighted by Crippen LogP contribution is 2.49. The van der Waals surface area contributed by atoms with E-state index in [9.17, 15) is 9.59 Å². The highest BCUT2D eigenvalue weighted by Gasteiger charge is 2.47. The fourth-order valence-electron chi connectivity index (χ4n) is 3.11. The van der Waals surface area contributed by atoms with E-state index >= 15 is 0 Å². The maximum absolute atomic E-state index is 12.8. The molecule has 1 N–H and O–H groups in total. The zero-order valence-electron chi connectivity index (χ0n) is 12.4. The third-order valence-corrected chi connectivity index (χ3v) is 5.12. The Balaban J connectivity index is 2.19. The van der Waals surface area contributed by atoms with Crippen LogP contribution in [0.2, 0.25) is 0 Å². The van der Waals surface area contributed by atoms with Crippen molar-refractivity contribution >= 4 is 11.8 Å². The summed E-state index contributed by atoms with van der Waals surface area (Å²) in [5.74, 6) is 0.143. The molecule has 1 heterocycles. The van der Waals surface area contributed by atoms with Gasteiger partial charge in [-0.2, -0.15) is 0 Å². The highest BCUT2D eigenvalue weighted by atomic mass is 16.2. The quantitative estimate of drug-likeness (QED) is 0.828. The number of hydrogen-bond donors (Lipinski definition) is 1. The van der Waals surface area contributed by atoms with Crippen molar-refractivity contribution in [1.82, 2.24) is 10.2 Å². The van der Waals surface area contributed by atoms with Gasteiger partial charge >= 0.3 is 0 Å². The maximum Gasteiger partial charge on any atom is 0.248 e. The summed E-state index contributed by atoms with van der Waals surface area (Å²) >= 11 is 0. The minimum absolute atomic E-state index is 0.0147. The number of nitrogens with zero attached hydrogens (tertiary/aromatic N) is 1. The van der Waals surface area contributed by atoms with Crippen molar-refractivity contribution in [1.29, 1.82) is 0 Å². The fourth-order valence-corrected chi connectivity index (χ4v) is 3.11. The lowest BCUT2D eigenvalue weighted by Gasteiger charge is -2.35. The van der Waals surface area contributed by atoms with Gasteiger partial charge in [0, 0.05) is 19.5 Å². The SMILES string of the molecule is CCC1(CN2CCC(=O)NC(CC)(CC)C2=O)CC1. The van der Waals surface area contributed by atoms with Gasteiger partial charge in [0.15, 0.2) is 0 Å². The van der Waals surface area contributed by atoms with Crippen LogP contribution in [0.1, 0.15) is 59.3 Å². The van der Waals surface area contributed by atoms with Crippen LogP contribution in [0.25, 0.3) is 0 Å². The summed E-state index contributed by atoms with van der Waals surface area (Å²) in [5, 5.41) is 2.97. The molecule has 2 fully saturated rings. The third-order valence-electron chi connectivity index (χ3n) is 5.12. The van der Waals surface area contributed by atoms with Crippen molar-refractivity contribution in [2.75, 3.05) is 13.1 Å². The molecule has 0 spiro atoms. The summed E-state index contributed by atoms with van der Waals surface area (Å²) in [6, 6.07) is 0. The van der Waals surface area contributed by atoms with Gasteiger partial charge in [-0.05, 0) is 37.5 Å². The molecular weight excluding hydrogens is 240 g/mol. The number of carbonyl (C=O) groups excluding carboxylic acids is 2. The van der Waals surface area contributed by atoms with E-state index in [0.29, 0.717) is 31.2 Å². The summed E-state index contributed by atoms with van der Waals surface area (Å²) in [7, 11) is 0. The second kappa shape index (κ2) is 5.14. The Morgan fingerprint density at radius 1 is 1.11 bits per heavy atom. The molecule has 1 saturated heterocycles. The van der Waals surface area contributed by atoms with E-state index in [1.807, 2.05) is 18.7 Å². The monoisotopic (exact) mass is 266 g/mol. The van der Waals surface area contributed by atoms with Crippen LogP contribution < -0.4 is 5.32 Å². The minimum atomic E-state index is -0.669. The second-order valence-corrected chi connectivity index (χ2v) is 6.17. The lowest BCUT2D eigenvalue weighted by Crippen LogP contribution is -2.57. The molecule has 1 aliphatic heterocycles. The zero-order valence-corrected chi connectivity index (χ0v) is 12.4. The Labute approximate surface area is 115 Å². The highest BCUT2D eigenvalue weighted by molar-refractivity contribution is 5.93. The van der Waals surface area contributed by atoms with E-state index in [0.717, 1.165) is 13.0 Å². The van der Waals surface area contributed by atoms with Crippen molar-refractivity contribution in [3.05, 3.63) is 0 Å². The van der Waals surface area contributed by atoms with Crippen molar-refractivity contribution in [3.8, 4) is 0 Å². The van der Waals surface area contributed by atoms with Crippen LogP contribution in [-0.2, 0) is 9.59 Å². The van der Waals surface area contributed by atoms with Crippen LogP contribution >= 0.6 is 0 Å². The standard InChI is InChI=1S/C15H26N2O2/c1-4-14(8-9-14)11-17-10-7-12(18)16-15(5-2,6-3)13(17)19/h4-11H2,1-3H3,(H,16,18). The first-order chi connectivity index (χ1) is 9.01. The molecule has 0 unspecified atom stereocenters. The van der Waals surface area contributed by atoms with Gasteiger partial charge in [0.25, 0.3) is 0 Å². The van der Waals surface area contributed by atoms with Gasteiger partial charge in [0.2, 0.25) is 11.8 Å². The molecule has 2 rings (SSSR count). The molecule has 2 amide bonds. The molecule has 4 heteroatoms. The summed E-state index contributed by atoms with van der Waals surface area (Å²) in [6.45, 7) is 7.58. The topological polar surface area (TPSA) is 49.4 Å². The summed E-state index contributed by atoms with van der Waals surface area (Å²) in [4.78, 5) is 26.6. The minimum Gasteiger partial charge on any atom is -0.342 e. The van der Waals surface area contributed by atoms with Gasteiger partial charge in [-0.15, -0.1) is 0 Å². The van der Waals surface area contributed by atoms with Crippen molar-refractivity contribution < 1.29 is 9.59 Å². The Morgan fingerprint density at radius 3 is 2.21 bits per heavy atom. The molecule has 1 aliphatic carbocycles. The van der Waals surface area contributed by atoms with Crippen molar-refractivity contribution in [3.63, 3.8) is 0 Å². The lowest BCUT2D eigenvalue weighted by molar-refractivity contribution is -0.140. The van der Waals surface area contributed by atoms with Gasteiger partial charge in [-0.3, -0.25) is 9.59 Å². The molecule has 1 saturated carbocycles. The molecular formula is C15H26N2O2. The second-order valence-electron chi connectivity index (χ2n) is 6.17. The zero-order chi connectivity index (χ0) is 14.1. The average molecular weight is 266 g/mol. The fraction of sp³-hybridized carbons (Fsp3) is 0.867. The first-order valence-corrected chi connectivity index (χ1v) is 7.61. The molecule has 0 radical (unpaired) electrons. The van der Waals surface area contributed by atoms with Crippen molar-refractivity contribution in [2.45, 2.75) is 64.8 Å². The lowest BCUT2D eigenvalue weighted by atomic mass is 9.90. The molecule has 0 aromatic rings. The van der Waals surface area contributed by atoms with E-state index in [1.165, 1.54) is 12.8 Å². The molecule has 108 valence electrons. The molecule has 0 bridgehead atoms. The predicted octanol–water partition coefficient (Wildman–Crippen LogP) is 2.08. The van der Waals surface area contributed by atoms with Crippen molar-refractivity contribution in [2.24, 2.45) is 5.41 Å². The van der Waals surface area contributed by atoms with Gasteiger partial charge in [0.1, 0.15) is 5.54 Å². The number of nitrogens with one attached hydrogen (secondary N) is 1. The Hall–Kier alpha value is -1.06. The average Bonchev–Trinajstić information content (AvgIpc) is 3.21. The van der Waals surface area contributed by atoms with Crippen LogP contribution in [0.15, 0.2) is 0 Å². The molecule has 0 aromatic heterocycles. The molecule has 0 atom stereocenters. The van der Waals surface area contributed by atoms with Crippen LogP contribution in [0.3, 0.4) is 0 Å². The first-order valence-electron chi connectivity index (χ1n) is 7.61. The molecule has 19 heavy (non-hydrogen) atoms. The van der Waals surface area contributed by atoms with Gasteiger partial charge in [0.05, 0.1) is 0 Å². The number of amides is 2.